The minimum atomic E-state index is 0.198. The van der Waals surface area contributed by atoms with E-state index < -0.39 is 0 Å². The van der Waals surface area contributed by atoms with Crippen LogP contribution in [-0.4, -0.2) is 67.1 Å². The molecule has 3 aromatic rings. The van der Waals surface area contributed by atoms with Crippen LogP contribution in [0.4, 0.5) is 0 Å². The zero-order valence-electron chi connectivity index (χ0n) is 16.8. The predicted molar refractivity (Wildman–Crippen MR) is 114 cm³/mol. The van der Waals surface area contributed by atoms with Crippen LogP contribution in [0.2, 0.25) is 0 Å². The van der Waals surface area contributed by atoms with Gasteiger partial charge in [0.25, 0.3) is 0 Å². The number of benzene rings is 2. The first-order valence-electron chi connectivity index (χ1n) is 10.0. The number of aromatic amines is 1. The van der Waals surface area contributed by atoms with E-state index in [-0.39, 0.29) is 5.91 Å². The van der Waals surface area contributed by atoms with Gasteiger partial charge in [-0.25, -0.2) is 0 Å². The number of para-hydroxylation sites is 1. The minimum Gasteiger partial charge on any atom is -0.497 e. The van der Waals surface area contributed by atoms with Gasteiger partial charge in [-0.05, 0) is 35.9 Å². The molecule has 1 saturated heterocycles. The van der Waals surface area contributed by atoms with Crippen LogP contribution in [0.3, 0.4) is 0 Å². The second-order valence-corrected chi connectivity index (χ2v) is 7.28. The summed E-state index contributed by atoms with van der Waals surface area (Å²) < 4.78 is 11.0. The highest BCUT2D eigenvalue weighted by Gasteiger charge is 2.21. The van der Waals surface area contributed by atoms with Gasteiger partial charge in [0, 0.05) is 49.8 Å². The molecule has 1 aromatic heterocycles. The quantitative estimate of drug-likeness (QED) is 0.671. The molecular weight excluding hydrogens is 366 g/mol. The smallest absolute Gasteiger partial charge is 0.227 e. The van der Waals surface area contributed by atoms with Crippen LogP contribution in [0.15, 0.2) is 54.7 Å². The van der Waals surface area contributed by atoms with Gasteiger partial charge >= 0.3 is 0 Å². The average molecular weight is 393 g/mol. The number of H-pyrrole nitrogens is 1. The highest BCUT2D eigenvalue weighted by atomic mass is 16.5. The Hall–Kier alpha value is -2.99. The Balaban J connectivity index is 1.21. The van der Waals surface area contributed by atoms with Gasteiger partial charge in [-0.1, -0.05) is 18.2 Å². The Morgan fingerprint density at radius 3 is 2.48 bits per heavy atom. The van der Waals surface area contributed by atoms with Crippen molar-refractivity contribution in [2.75, 3.05) is 46.4 Å². The summed E-state index contributed by atoms with van der Waals surface area (Å²) in [6.07, 6.45) is 2.40. The van der Waals surface area contributed by atoms with Crippen LogP contribution in [0, 0.1) is 0 Å². The van der Waals surface area contributed by atoms with E-state index in [0.717, 1.165) is 60.7 Å². The normalized spacial score (nSPS) is 14.9. The number of nitrogens with zero attached hydrogens (tertiary/aromatic N) is 2. The molecule has 0 radical (unpaired) electrons. The lowest BCUT2D eigenvalue weighted by atomic mass is 10.1. The van der Waals surface area contributed by atoms with E-state index in [1.807, 2.05) is 53.6 Å². The van der Waals surface area contributed by atoms with E-state index in [1.54, 1.807) is 7.11 Å². The van der Waals surface area contributed by atoms with E-state index in [2.05, 4.69) is 16.0 Å². The van der Waals surface area contributed by atoms with Crippen LogP contribution in [0.1, 0.15) is 5.56 Å². The largest absolute Gasteiger partial charge is 0.497 e. The lowest BCUT2D eigenvalue weighted by Gasteiger charge is -2.34. The number of hydrogen-bond donors (Lipinski definition) is 1. The van der Waals surface area contributed by atoms with Crippen molar-refractivity contribution in [3.05, 3.63) is 60.3 Å². The molecule has 0 atom stereocenters. The third-order valence-corrected chi connectivity index (χ3v) is 5.48. The second kappa shape index (κ2) is 9.01. The van der Waals surface area contributed by atoms with Crippen LogP contribution in [0.25, 0.3) is 10.9 Å². The maximum absolute atomic E-state index is 12.7. The van der Waals surface area contributed by atoms with Gasteiger partial charge in [0.15, 0.2) is 0 Å². The zero-order valence-corrected chi connectivity index (χ0v) is 16.8. The van der Waals surface area contributed by atoms with Crippen LogP contribution in [0.5, 0.6) is 11.5 Å². The molecule has 1 fully saturated rings. The maximum Gasteiger partial charge on any atom is 0.227 e. The SMILES string of the molecule is COc1ccc(OCCN2CCN(C(=O)Cc3c[nH]c4ccccc34)CC2)cc1. The lowest BCUT2D eigenvalue weighted by Crippen LogP contribution is -2.49. The number of aromatic nitrogens is 1. The number of hydrogen-bond acceptors (Lipinski definition) is 4. The summed E-state index contributed by atoms with van der Waals surface area (Å²) in [7, 11) is 1.65. The summed E-state index contributed by atoms with van der Waals surface area (Å²) in [4.78, 5) is 20.3. The van der Waals surface area contributed by atoms with E-state index in [9.17, 15) is 4.79 Å². The van der Waals surface area contributed by atoms with Crippen LogP contribution < -0.4 is 9.47 Å². The fourth-order valence-corrected chi connectivity index (χ4v) is 3.74. The summed E-state index contributed by atoms with van der Waals surface area (Å²) in [5, 5.41) is 1.13. The number of carbonyl (C=O) groups excluding carboxylic acids is 1. The highest BCUT2D eigenvalue weighted by molar-refractivity contribution is 5.88. The average Bonchev–Trinajstić information content (AvgIpc) is 3.17. The van der Waals surface area contributed by atoms with Gasteiger partial charge in [-0.15, -0.1) is 0 Å². The van der Waals surface area contributed by atoms with Crippen molar-refractivity contribution in [3.63, 3.8) is 0 Å². The third-order valence-electron chi connectivity index (χ3n) is 5.48. The standard InChI is InChI=1S/C23H27N3O3/c1-28-19-6-8-20(9-7-19)29-15-14-25-10-12-26(13-11-25)23(27)16-18-17-24-22-5-3-2-4-21(18)22/h2-9,17,24H,10-16H2,1H3. The number of fused-ring (bicyclic) bond motifs is 1. The summed E-state index contributed by atoms with van der Waals surface area (Å²) in [5.74, 6) is 1.87. The van der Waals surface area contributed by atoms with E-state index in [0.29, 0.717) is 13.0 Å². The molecule has 152 valence electrons. The molecular formula is C23H27N3O3. The molecule has 1 aliphatic heterocycles. The molecule has 0 bridgehead atoms. The number of piperazine rings is 1. The molecule has 6 nitrogen and oxygen atoms in total. The third kappa shape index (κ3) is 4.71. The van der Waals surface area contributed by atoms with Crippen molar-refractivity contribution in [2.45, 2.75) is 6.42 Å². The molecule has 0 unspecified atom stereocenters. The molecule has 29 heavy (non-hydrogen) atoms. The van der Waals surface area contributed by atoms with Gasteiger partial charge in [-0.2, -0.15) is 0 Å². The van der Waals surface area contributed by atoms with Gasteiger partial charge in [0.05, 0.1) is 13.5 Å². The fourth-order valence-electron chi connectivity index (χ4n) is 3.74. The molecule has 1 aliphatic rings. The van der Waals surface area contributed by atoms with E-state index in [1.165, 1.54) is 0 Å². The Kier molecular flexibility index (Phi) is 6.00. The lowest BCUT2D eigenvalue weighted by molar-refractivity contribution is -0.132. The zero-order chi connectivity index (χ0) is 20.1. The molecule has 4 rings (SSSR count). The molecule has 6 heteroatoms. The second-order valence-electron chi connectivity index (χ2n) is 7.28. The Bertz CT molecular complexity index is 943. The van der Waals surface area contributed by atoms with Gasteiger partial charge in [-0.3, -0.25) is 9.69 Å². The topological polar surface area (TPSA) is 57.8 Å². The fraction of sp³-hybridized carbons (Fsp3) is 0.348. The summed E-state index contributed by atoms with van der Waals surface area (Å²) in [6.45, 7) is 4.79. The minimum absolute atomic E-state index is 0.198. The maximum atomic E-state index is 12.7. The van der Waals surface area contributed by atoms with E-state index >= 15 is 0 Å². The van der Waals surface area contributed by atoms with Crippen molar-refractivity contribution in [2.24, 2.45) is 0 Å². The summed E-state index contributed by atoms with van der Waals surface area (Å²) >= 11 is 0. The molecule has 0 aliphatic carbocycles. The van der Waals surface area contributed by atoms with Crippen molar-refractivity contribution in [1.82, 2.24) is 14.8 Å². The molecule has 0 saturated carbocycles. The first kappa shape index (κ1) is 19.3. The molecule has 2 aromatic carbocycles. The van der Waals surface area contributed by atoms with Gasteiger partial charge < -0.3 is 19.4 Å². The molecule has 1 amide bonds. The first-order chi connectivity index (χ1) is 14.2. The van der Waals surface area contributed by atoms with Crippen LogP contribution >= 0.6 is 0 Å². The van der Waals surface area contributed by atoms with Crippen molar-refractivity contribution >= 4 is 16.8 Å². The van der Waals surface area contributed by atoms with Crippen LogP contribution in [-0.2, 0) is 11.2 Å². The van der Waals surface area contributed by atoms with Crippen molar-refractivity contribution in [3.8, 4) is 11.5 Å². The van der Waals surface area contributed by atoms with Gasteiger partial charge in [0.2, 0.25) is 5.91 Å². The first-order valence-corrected chi connectivity index (χ1v) is 10.0. The highest BCUT2D eigenvalue weighted by Crippen LogP contribution is 2.19. The van der Waals surface area contributed by atoms with Gasteiger partial charge in [0.1, 0.15) is 18.1 Å². The Morgan fingerprint density at radius 1 is 1.00 bits per heavy atom. The number of rotatable bonds is 7. The number of methoxy groups -OCH3 is 1. The Labute approximate surface area is 171 Å². The summed E-state index contributed by atoms with van der Waals surface area (Å²) in [6, 6.07) is 15.7. The van der Waals surface area contributed by atoms with Crippen molar-refractivity contribution in [1.29, 1.82) is 0 Å². The predicted octanol–water partition coefficient (Wildman–Crippen LogP) is 2.94. The number of amides is 1. The molecule has 2 heterocycles. The number of ether oxygens (including phenoxy) is 2. The monoisotopic (exact) mass is 393 g/mol. The molecule has 1 N–H and O–H groups in total. The number of nitrogens with one attached hydrogen (secondary N) is 1. The Morgan fingerprint density at radius 2 is 1.72 bits per heavy atom. The van der Waals surface area contributed by atoms with Crippen molar-refractivity contribution < 1.29 is 14.3 Å². The molecule has 0 spiro atoms. The number of carbonyl (C=O) groups is 1. The summed E-state index contributed by atoms with van der Waals surface area (Å²) in [5.41, 5.74) is 2.15. The van der Waals surface area contributed by atoms with E-state index in [4.69, 9.17) is 9.47 Å².